The van der Waals surface area contributed by atoms with Crippen molar-refractivity contribution in [3.05, 3.63) is 89.0 Å². The van der Waals surface area contributed by atoms with Gasteiger partial charge in [0.25, 0.3) is 0 Å². The third kappa shape index (κ3) is 7.62. The maximum atomic E-state index is 4.89. The Labute approximate surface area is 247 Å². The topological polar surface area (TPSA) is 15.5 Å². The minimum atomic E-state index is 0. The van der Waals surface area contributed by atoms with Crippen LogP contribution in [0.1, 0.15) is 101 Å². The third-order valence-electron chi connectivity index (χ3n) is 6.94. The molecule has 0 aromatic heterocycles. The fourth-order valence-corrected chi connectivity index (χ4v) is 4.92. The smallest absolute Gasteiger partial charge is 0.206 e. The largest absolute Gasteiger partial charge is 0.522 e. The van der Waals surface area contributed by atoms with Crippen molar-refractivity contribution in [3.63, 3.8) is 0 Å². The number of ether oxygens (including phenoxy) is 1. The van der Waals surface area contributed by atoms with E-state index in [0.29, 0.717) is 23.7 Å². The average Bonchev–Trinajstić information content (AvgIpc) is 3.38. The summed E-state index contributed by atoms with van der Waals surface area (Å²) in [5.41, 5.74) is 8.43. The summed E-state index contributed by atoms with van der Waals surface area (Å²) in [5.74, 6) is 2.86. The molecule has 1 heterocycles. The summed E-state index contributed by atoms with van der Waals surface area (Å²) in [7, 11) is 1.65. The second-order valence-corrected chi connectivity index (χ2v) is 11.0. The zero-order valence-corrected chi connectivity index (χ0v) is 26.8. The van der Waals surface area contributed by atoms with Crippen molar-refractivity contribution < 1.29 is 31.7 Å². The predicted molar refractivity (Wildman–Crippen MR) is 158 cm³/mol. The van der Waals surface area contributed by atoms with Gasteiger partial charge in [0.05, 0.1) is 7.11 Å². The molecule has 0 bridgehead atoms. The standard InChI is InChI=1S/C27H38N2.C7H7O.Au/c1-18(2)22-11-9-12-23(19(3)4)26(22)28-15-16-29(17-28)27-24(20(5)6)13-10-14-25(27)21(7)8;1-8-7-5-3-2-4-6-7;/h9-14,18-21H,15-16H2,1-8H3;3-6H,1H3;/q;-1;. The van der Waals surface area contributed by atoms with Gasteiger partial charge in [-0.25, -0.2) is 0 Å². The quantitative estimate of drug-likeness (QED) is 0.140. The summed E-state index contributed by atoms with van der Waals surface area (Å²) in [5, 5.41) is 0. The molecule has 0 aliphatic carbocycles. The van der Waals surface area contributed by atoms with Gasteiger partial charge in [0.1, 0.15) is 13.1 Å². The maximum absolute atomic E-state index is 4.89. The molecule has 0 atom stereocenters. The molecule has 3 nitrogen and oxygen atoms in total. The van der Waals surface area contributed by atoms with Gasteiger partial charge in [-0.15, -0.1) is 12.1 Å². The number of hydrogen-bond donors (Lipinski definition) is 0. The van der Waals surface area contributed by atoms with Gasteiger partial charge in [0.2, 0.25) is 6.34 Å². The van der Waals surface area contributed by atoms with Crippen molar-refractivity contribution in [2.24, 2.45) is 0 Å². The summed E-state index contributed by atoms with van der Waals surface area (Å²) >= 11 is 0. The van der Waals surface area contributed by atoms with Gasteiger partial charge in [-0.1, -0.05) is 114 Å². The van der Waals surface area contributed by atoms with E-state index in [2.05, 4.69) is 114 Å². The first-order valence-electron chi connectivity index (χ1n) is 13.7. The Balaban J connectivity index is 0.000000482. The Morgan fingerprint density at radius 1 is 0.711 bits per heavy atom. The summed E-state index contributed by atoms with van der Waals surface area (Å²) in [6.45, 7) is 20.3. The summed E-state index contributed by atoms with van der Waals surface area (Å²) in [4.78, 5) is 2.38. The van der Waals surface area contributed by atoms with Crippen molar-refractivity contribution in [2.75, 3.05) is 25.1 Å². The number of rotatable bonds is 7. The third-order valence-corrected chi connectivity index (χ3v) is 6.94. The van der Waals surface area contributed by atoms with Crippen LogP contribution in [-0.2, 0) is 22.4 Å². The Morgan fingerprint density at radius 2 is 1.16 bits per heavy atom. The predicted octanol–water partition coefficient (Wildman–Crippen LogP) is 8.74. The fraction of sp³-hybridized carbons (Fsp3) is 0.441. The van der Waals surface area contributed by atoms with E-state index in [9.17, 15) is 0 Å². The molecule has 1 radical (unpaired) electrons. The van der Waals surface area contributed by atoms with Crippen LogP contribution in [0.15, 0.2) is 60.7 Å². The van der Waals surface area contributed by atoms with E-state index in [0.717, 1.165) is 18.8 Å². The van der Waals surface area contributed by atoms with E-state index in [-0.39, 0.29) is 22.4 Å². The van der Waals surface area contributed by atoms with Crippen molar-refractivity contribution in [2.45, 2.75) is 79.1 Å². The zero-order chi connectivity index (χ0) is 27.1. The van der Waals surface area contributed by atoms with Gasteiger partial charge in [-0.2, -0.15) is 18.2 Å². The molecular weight excluding hydrogens is 649 g/mol. The Bertz CT molecular complexity index is 1130. The van der Waals surface area contributed by atoms with Crippen molar-refractivity contribution in [3.8, 4) is 5.75 Å². The summed E-state index contributed by atoms with van der Waals surface area (Å²) in [6, 6.07) is 23.8. The molecule has 0 saturated heterocycles. The molecule has 0 unspecified atom stereocenters. The molecule has 0 spiro atoms. The van der Waals surface area contributed by atoms with Gasteiger partial charge < -0.3 is 14.2 Å². The molecule has 4 rings (SSSR count). The van der Waals surface area contributed by atoms with Gasteiger partial charge in [-0.05, 0) is 23.7 Å². The average molecular weight is 695 g/mol. The van der Waals surface area contributed by atoms with Crippen LogP contribution in [0.4, 0.5) is 11.4 Å². The van der Waals surface area contributed by atoms with Crippen LogP contribution >= 0.6 is 0 Å². The minimum absolute atomic E-state index is 0. The minimum Gasteiger partial charge on any atom is -0.522 e. The van der Waals surface area contributed by atoms with Gasteiger partial charge in [-0.3, -0.25) is 0 Å². The van der Waals surface area contributed by atoms with Crippen LogP contribution in [0.2, 0.25) is 0 Å². The monoisotopic (exact) mass is 694 g/mol. The van der Waals surface area contributed by atoms with E-state index < -0.39 is 0 Å². The molecule has 38 heavy (non-hydrogen) atoms. The molecule has 1 aliphatic heterocycles. The molecule has 0 amide bonds. The van der Waals surface area contributed by atoms with Crippen LogP contribution < -0.4 is 9.64 Å². The van der Waals surface area contributed by atoms with Crippen molar-refractivity contribution >= 4 is 17.7 Å². The van der Waals surface area contributed by atoms with Gasteiger partial charge in [0, 0.05) is 39.5 Å². The number of nitrogens with zero attached hydrogens (tertiary/aromatic N) is 2. The van der Waals surface area contributed by atoms with Crippen LogP contribution in [0.5, 0.6) is 5.75 Å². The summed E-state index contributed by atoms with van der Waals surface area (Å²) < 4.78 is 7.28. The zero-order valence-electron chi connectivity index (χ0n) is 24.6. The van der Waals surface area contributed by atoms with Crippen LogP contribution in [0.25, 0.3) is 0 Å². The molecule has 4 heteroatoms. The van der Waals surface area contributed by atoms with Gasteiger partial charge >= 0.3 is 0 Å². The normalized spacial score (nSPS) is 13.0. The number of anilines is 1. The first-order valence-corrected chi connectivity index (χ1v) is 13.7. The molecule has 209 valence electrons. The fourth-order valence-electron chi connectivity index (χ4n) is 4.92. The van der Waals surface area contributed by atoms with Gasteiger partial charge in [0.15, 0.2) is 0 Å². The molecule has 0 N–H and O–H groups in total. The molecule has 3 aromatic carbocycles. The van der Waals surface area contributed by atoms with E-state index in [4.69, 9.17) is 4.74 Å². The molecular formula is C34H45AuN2O-. The van der Waals surface area contributed by atoms with Crippen LogP contribution in [-0.4, -0.2) is 31.1 Å². The first kappa shape index (κ1) is 31.9. The first-order chi connectivity index (χ1) is 17.6. The Morgan fingerprint density at radius 3 is 1.55 bits per heavy atom. The van der Waals surface area contributed by atoms with Crippen molar-refractivity contribution in [1.82, 2.24) is 0 Å². The molecule has 0 fully saturated rings. The molecule has 0 saturated carbocycles. The number of para-hydroxylation sites is 2. The molecule has 1 aliphatic rings. The van der Waals surface area contributed by atoms with Crippen molar-refractivity contribution in [1.29, 1.82) is 0 Å². The number of hydrogen-bond acceptors (Lipinski definition) is 2. The van der Waals surface area contributed by atoms with E-state index in [1.54, 1.807) is 7.11 Å². The second kappa shape index (κ2) is 14.7. The van der Waals surface area contributed by atoms with Crippen LogP contribution in [0, 0.1) is 6.07 Å². The number of methoxy groups -OCH3 is 1. The summed E-state index contributed by atoms with van der Waals surface area (Å²) in [6.07, 6.45) is 3.77. The Kier molecular flexibility index (Phi) is 12.4. The van der Waals surface area contributed by atoms with E-state index >= 15 is 0 Å². The van der Waals surface area contributed by atoms with E-state index in [1.807, 2.05) is 24.3 Å². The maximum Gasteiger partial charge on any atom is 0.206 e. The Hall–Kier alpha value is -2.33. The SMILES string of the molecule is CC(C)c1cccc(C(C)C)c1N1[C-]=[N+](c2c(C(C)C)cccc2C(C)C)CC1.COc1cc[c-]cc1.[Au]. The second-order valence-electron chi connectivity index (χ2n) is 11.0. The van der Waals surface area contributed by atoms with E-state index in [1.165, 1.54) is 33.6 Å². The molecule has 3 aromatic rings. The number of benzene rings is 3. The van der Waals surface area contributed by atoms with Crippen LogP contribution in [0.3, 0.4) is 0 Å².